The van der Waals surface area contributed by atoms with Crippen molar-refractivity contribution in [2.24, 2.45) is 0 Å². The minimum Gasteiger partial charge on any atom is -0.458 e. The summed E-state index contributed by atoms with van der Waals surface area (Å²) >= 11 is 1.63. The number of aryl methyl sites for hydroxylation is 1. The molecule has 1 atom stereocenters. The minimum absolute atomic E-state index is 0.590. The predicted octanol–water partition coefficient (Wildman–Crippen LogP) is 4.54. The average Bonchev–Trinajstić information content (AvgIpc) is 2.89. The molecule has 1 heterocycles. The molecule has 0 radical (unpaired) electrons. The van der Waals surface area contributed by atoms with Gasteiger partial charge >= 0.3 is 0 Å². The summed E-state index contributed by atoms with van der Waals surface area (Å²) in [5.41, 5.74) is 2.88. The maximum Gasteiger partial charge on any atom is 0.138 e. The van der Waals surface area contributed by atoms with Gasteiger partial charge in [0.1, 0.15) is 17.4 Å². The molecule has 1 unspecified atom stereocenters. The summed E-state index contributed by atoms with van der Waals surface area (Å²) in [6.07, 6.45) is 1.28. The number of aliphatic hydroxyl groups is 1. The quantitative estimate of drug-likeness (QED) is 0.717. The van der Waals surface area contributed by atoms with Crippen molar-refractivity contribution in [1.29, 1.82) is 0 Å². The van der Waals surface area contributed by atoms with Gasteiger partial charge in [0.2, 0.25) is 0 Å². The molecule has 1 N–H and O–H groups in total. The first-order valence-electron chi connectivity index (χ1n) is 6.50. The molecule has 0 amide bonds. The molecule has 3 aromatic rings. The molecule has 0 saturated carbocycles. The van der Waals surface area contributed by atoms with Crippen LogP contribution in [0.4, 0.5) is 0 Å². The van der Waals surface area contributed by atoms with E-state index in [1.54, 1.807) is 11.8 Å². The first-order valence-corrected chi connectivity index (χ1v) is 7.72. The summed E-state index contributed by atoms with van der Waals surface area (Å²) in [6, 6.07) is 15.8. The monoisotopic (exact) mass is 284 g/mol. The first-order chi connectivity index (χ1) is 9.69. The second-order valence-electron chi connectivity index (χ2n) is 4.83. The maximum absolute atomic E-state index is 10.6. The standard InChI is InChI=1S/C17H16O2S/c1-11-7-8-14-12(9-11)10-15(19-14)17(18)13-5-3-4-6-16(13)20-2/h3-10,17-18H,1-2H3. The van der Waals surface area contributed by atoms with Crippen molar-refractivity contribution >= 4 is 22.7 Å². The molecular formula is C17H16O2S. The van der Waals surface area contributed by atoms with Gasteiger partial charge in [-0.15, -0.1) is 11.8 Å². The highest BCUT2D eigenvalue weighted by Crippen LogP contribution is 2.33. The fourth-order valence-corrected chi connectivity index (χ4v) is 2.99. The number of rotatable bonds is 3. The molecule has 2 nitrogen and oxygen atoms in total. The topological polar surface area (TPSA) is 33.4 Å². The van der Waals surface area contributed by atoms with E-state index in [2.05, 4.69) is 6.07 Å². The molecule has 0 aliphatic rings. The van der Waals surface area contributed by atoms with E-state index in [0.717, 1.165) is 21.4 Å². The van der Waals surface area contributed by atoms with Crippen LogP contribution in [0.25, 0.3) is 11.0 Å². The van der Waals surface area contributed by atoms with Crippen LogP contribution in [-0.2, 0) is 0 Å². The molecule has 2 aromatic carbocycles. The van der Waals surface area contributed by atoms with Crippen LogP contribution in [0, 0.1) is 6.92 Å². The molecule has 0 saturated heterocycles. The lowest BCUT2D eigenvalue weighted by Crippen LogP contribution is -1.99. The molecule has 1 aromatic heterocycles. The Morgan fingerprint density at radius 2 is 1.90 bits per heavy atom. The second-order valence-corrected chi connectivity index (χ2v) is 5.68. The largest absolute Gasteiger partial charge is 0.458 e. The predicted molar refractivity (Wildman–Crippen MR) is 83.2 cm³/mol. The Hall–Kier alpha value is -1.71. The molecule has 0 fully saturated rings. The Morgan fingerprint density at radius 3 is 2.70 bits per heavy atom. The summed E-state index contributed by atoms with van der Waals surface area (Å²) in [5.74, 6) is 0.590. The van der Waals surface area contributed by atoms with Crippen molar-refractivity contribution in [2.45, 2.75) is 17.9 Å². The van der Waals surface area contributed by atoms with Crippen LogP contribution in [-0.4, -0.2) is 11.4 Å². The first kappa shape index (κ1) is 13.3. The minimum atomic E-state index is -0.730. The summed E-state index contributed by atoms with van der Waals surface area (Å²) in [7, 11) is 0. The molecule has 102 valence electrons. The molecule has 3 heteroatoms. The van der Waals surface area contributed by atoms with Gasteiger partial charge in [0.15, 0.2) is 0 Å². The SMILES string of the molecule is CSc1ccccc1C(O)c1cc2cc(C)ccc2o1. The van der Waals surface area contributed by atoms with E-state index in [-0.39, 0.29) is 0 Å². The fourth-order valence-electron chi connectivity index (χ4n) is 2.36. The lowest BCUT2D eigenvalue weighted by Gasteiger charge is -2.11. The number of aliphatic hydroxyl groups excluding tert-OH is 1. The summed E-state index contributed by atoms with van der Waals surface area (Å²) in [6.45, 7) is 2.05. The molecule has 0 spiro atoms. The highest BCUT2D eigenvalue weighted by atomic mass is 32.2. The van der Waals surface area contributed by atoms with E-state index < -0.39 is 6.10 Å². The normalized spacial score (nSPS) is 12.8. The highest BCUT2D eigenvalue weighted by Gasteiger charge is 2.18. The van der Waals surface area contributed by atoms with Crippen molar-refractivity contribution in [3.05, 3.63) is 65.4 Å². The van der Waals surface area contributed by atoms with Crippen LogP contribution in [0.15, 0.2) is 57.8 Å². The summed E-state index contributed by atoms with van der Waals surface area (Å²) in [4.78, 5) is 1.07. The van der Waals surface area contributed by atoms with E-state index in [1.165, 1.54) is 5.56 Å². The van der Waals surface area contributed by atoms with Gasteiger partial charge in [-0.1, -0.05) is 29.8 Å². The third-order valence-corrected chi connectivity index (χ3v) is 4.21. The van der Waals surface area contributed by atoms with Gasteiger partial charge < -0.3 is 9.52 Å². The number of hydrogen-bond acceptors (Lipinski definition) is 3. The van der Waals surface area contributed by atoms with E-state index in [0.29, 0.717) is 5.76 Å². The van der Waals surface area contributed by atoms with Crippen molar-refractivity contribution in [3.63, 3.8) is 0 Å². The number of benzene rings is 2. The van der Waals surface area contributed by atoms with Gasteiger partial charge in [-0.2, -0.15) is 0 Å². The van der Waals surface area contributed by atoms with E-state index in [9.17, 15) is 5.11 Å². The molecule has 0 aliphatic carbocycles. The van der Waals surface area contributed by atoms with Crippen molar-refractivity contribution in [3.8, 4) is 0 Å². The second kappa shape index (κ2) is 5.35. The van der Waals surface area contributed by atoms with Gasteiger partial charge in [-0.3, -0.25) is 0 Å². The van der Waals surface area contributed by atoms with E-state index >= 15 is 0 Å². The third-order valence-electron chi connectivity index (χ3n) is 3.39. The number of fused-ring (bicyclic) bond motifs is 1. The Kier molecular flexibility index (Phi) is 3.55. The van der Waals surface area contributed by atoms with Gasteiger partial charge in [0, 0.05) is 15.8 Å². The Morgan fingerprint density at radius 1 is 1.10 bits per heavy atom. The summed E-state index contributed by atoms with van der Waals surface area (Å²) < 4.78 is 5.78. The fraction of sp³-hybridized carbons (Fsp3) is 0.176. The van der Waals surface area contributed by atoms with E-state index in [4.69, 9.17) is 4.42 Å². The highest BCUT2D eigenvalue weighted by molar-refractivity contribution is 7.98. The van der Waals surface area contributed by atoms with Crippen LogP contribution in [0.3, 0.4) is 0 Å². The number of furan rings is 1. The van der Waals surface area contributed by atoms with Crippen LogP contribution in [0.1, 0.15) is 23.0 Å². The Balaban J connectivity index is 2.05. The Labute approximate surface area is 122 Å². The van der Waals surface area contributed by atoms with Gasteiger partial charge in [-0.25, -0.2) is 0 Å². The average molecular weight is 284 g/mol. The van der Waals surface area contributed by atoms with Crippen LogP contribution in [0.2, 0.25) is 0 Å². The van der Waals surface area contributed by atoms with Crippen molar-refractivity contribution < 1.29 is 9.52 Å². The van der Waals surface area contributed by atoms with Gasteiger partial charge in [0.05, 0.1) is 0 Å². The molecule has 0 bridgehead atoms. The molecular weight excluding hydrogens is 268 g/mol. The van der Waals surface area contributed by atoms with Gasteiger partial charge in [-0.05, 0) is 37.4 Å². The van der Waals surface area contributed by atoms with Crippen molar-refractivity contribution in [1.82, 2.24) is 0 Å². The number of hydrogen-bond donors (Lipinski definition) is 1. The lowest BCUT2D eigenvalue weighted by atomic mass is 10.1. The zero-order valence-corrected chi connectivity index (χ0v) is 12.3. The summed E-state index contributed by atoms with van der Waals surface area (Å²) in [5, 5.41) is 11.6. The van der Waals surface area contributed by atoms with E-state index in [1.807, 2.05) is 55.6 Å². The lowest BCUT2D eigenvalue weighted by molar-refractivity contribution is 0.189. The smallest absolute Gasteiger partial charge is 0.138 e. The van der Waals surface area contributed by atoms with Crippen LogP contribution >= 0.6 is 11.8 Å². The zero-order valence-electron chi connectivity index (χ0n) is 11.5. The van der Waals surface area contributed by atoms with Gasteiger partial charge in [0.25, 0.3) is 0 Å². The molecule has 20 heavy (non-hydrogen) atoms. The third kappa shape index (κ3) is 2.35. The van der Waals surface area contributed by atoms with Crippen LogP contribution in [0.5, 0.6) is 0 Å². The van der Waals surface area contributed by atoms with Crippen LogP contribution < -0.4 is 0 Å². The molecule has 3 rings (SSSR count). The maximum atomic E-state index is 10.6. The Bertz CT molecular complexity index is 746. The van der Waals surface area contributed by atoms with Crippen molar-refractivity contribution in [2.75, 3.05) is 6.26 Å². The number of thioether (sulfide) groups is 1. The zero-order chi connectivity index (χ0) is 14.1. The molecule has 0 aliphatic heterocycles.